The third-order valence-corrected chi connectivity index (χ3v) is 2.76. The summed E-state index contributed by atoms with van der Waals surface area (Å²) in [4.78, 5) is 11.0. The lowest BCUT2D eigenvalue weighted by molar-refractivity contribution is -0.119. The number of rotatable bonds is 1. The molecule has 1 aromatic rings. The van der Waals surface area contributed by atoms with Crippen LogP contribution in [0.15, 0.2) is 18.2 Å². The lowest BCUT2D eigenvalue weighted by Crippen LogP contribution is -2.19. The van der Waals surface area contributed by atoms with E-state index in [1.165, 1.54) is 0 Å². The highest BCUT2D eigenvalue weighted by Gasteiger charge is 2.26. The Bertz CT molecular complexity index is 362. The summed E-state index contributed by atoms with van der Waals surface area (Å²) in [5, 5.41) is 0.726. The zero-order valence-corrected chi connectivity index (χ0v) is 7.84. The van der Waals surface area contributed by atoms with E-state index in [4.69, 9.17) is 17.3 Å². The normalized spacial score (nSPS) is 19.9. The summed E-state index contributed by atoms with van der Waals surface area (Å²) in [6.07, 6.45) is 1.73. The van der Waals surface area contributed by atoms with Crippen molar-refractivity contribution in [3.8, 4) is 0 Å². The molecule has 3 heteroatoms. The van der Waals surface area contributed by atoms with E-state index in [1.54, 1.807) is 0 Å². The van der Waals surface area contributed by atoms with Gasteiger partial charge < -0.3 is 5.73 Å². The van der Waals surface area contributed by atoms with E-state index in [-0.39, 0.29) is 11.8 Å². The molecule has 1 unspecified atom stereocenters. The summed E-state index contributed by atoms with van der Waals surface area (Å²) in [5.41, 5.74) is 7.49. The Labute approximate surface area is 81.7 Å². The quantitative estimate of drug-likeness (QED) is 0.730. The molecule has 2 N–H and O–H groups in total. The maximum Gasteiger partial charge on any atom is 0.224 e. The average Bonchev–Trinajstić information content (AvgIpc) is 2.46. The Morgan fingerprint density at radius 2 is 2.31 bits per heavy atom. The van der Waals surface area contributed by atoms with E-state index < -0.39 is 0 Å². The molecule has 13 heavy (non-hydrogen) atoms. The van der Waals surface area contributed by atoms with Crippen LogP contribution < -0.4 is 5.73 Å². The van der Waals surface area contributed by atoms with Gasteiger partial charge in [0.25, 0.3) is 0 Å². The fourth-order valence-electron chi connectivity index (χ4n) is 1.88. The Kier molecular flexibility index (Phi) is 2.00. The van der Waals surface area contributed by atoms with Crippen LogP contribution in [0.1, 0.15) is 23.5 Å². The second-order valence-electron chi connectivity index (χ2n) is 3.34. The fraction of sp³-hybridized carbons (Fsp3) is 0.300. The van der Waals surface area contributed by atoms with E-state index in [1.807, 2.05) is 18.2 Å². The summed E-state index contributed by atoms with van der Waals surface area (Å²) >= 11 is 5.83. The number of benzene rings is 1. The van der Waals surface area contributed by atoms with Crippen LogP contribution >= 0.6 is 11.6 Å². The van der Waals surface area contributed by atoms with Gasteiger partial charge in [-0.15, -0.1) is 0 Å². The molecule has 0 spiro atoms. The lowest BCUT2D eigenvalue weighted by atomic mass is 10.0. The van der Waals surface area contributed by atoms with Gasteiger partial charge in [-0.2, -0.15) is 0 Å². The Morgan fingerprint density at radius 1 is 1.54 bits per heavy atom. The Hall–Kier alpha value is -1.02. The average molecular weight is 196 g/mol. The van der Waals surface area contributed by atoms with Gasteiger partial charge in [-0.1, -0.05) is 17.7 Å². The second kappa shape index (κ2) is 3.04. The zero-order chi connectivity index (χ0) is 9.42. The van der Waals surface area contributed by atoms with Crippen molar-refractivity contribution < 1.29 is 4.79 Å². The first kappa shape index (κ1) is 8.57. The van der Waals surface area contributed by atoms with Crippen molar-refractivity contribution in [2.45, 2.75) is 18.8 Å². The zero-order valence-electron chi connectivity index (χ0n) is 7.09. The molecule has 2 nitrogen and oxygen atoms in total. The van der Waals surface area contributed by atoms with Crippen LogP contribution in [0.25, 0.3) is 0 Å². The topological polar surface area (TPSA) is 43.1 Å². The molecule has 0 aromatic heterocycles. The predicted octanol–water partition coefficient (Wildman–Crippen LogP) is 1.86. The van der Waals surface area contributed by atoms with Gasteiger partial charge in [0.15, 0.2) is 0 Å². The van der Waals surface area contributed by atoms with Gasteiger partial charge in [-0.3, -0.25) is 4.79 Å². The van der Waals surface area contributed by atoms with Gasteiger partial charge in [0.2, 0.25) is 5.91 Å². The van der Waals surface area contributed by atoms with Crippen LogP contribution in [0.2, 0.25) is 5.02 Å². The van der Waals surface area contributed by atoms with Crippen molar-refractivity contribution in [1.29, 1.82) is 0 Å². The van der Waals surface area contributed by atoms with Gasteiger partial charge in [-0.25, -0.2) is 0 Å². The Balaban J connectivity index is 2.44. The number of aryl methyl sites for hydroxylation is 1. The molecule has 0 radical (unpaired) electrons. The van der Waals surface area contributed by atoms with Crippen LogP contribution in [0.5, 0.6) is 0 Å². The van der Waals surface area contributed by atoms with Crippen LogP contribution in [0, 0.1) is 0 Å². The van der Waals surface area contributed by atoms with Crippen molar-refractivity contribution >= 4 is 17.5 Å². The molecule has 0 saturated heterocycles. The van der Waals surface area contributed by atoms with Gasteiger partial charge in [0.05, 0.1) is 5.92 Å². The molecule has 1 amide bonds. The number of hydrogen-bond acceptors (Lipinski definition) is 1. The first-order chi connectivity index (χ1) is 6.18. The van der Waals surface area contributed by atoms with Gasteiger partial charge in [0.1, 0.15) is 0 Å². The monoisotopic (exact) mass is 195 g/mol. The summed E-state index contributed by atoms with van der Waals surface area (Å²) in [7, 11) is 0. The number of hydrogen-bond donors (Lipinski definition) is 1. The third kappa shape index (κ3) is 1.42. The maximum atomic E-state index is 11.0. The number of carbonyl (C=O) groups is 1. The van der Waals surface area contributed by atoms with Crippen molar-refractivity contribution in [3.05, 3.63) is 34.3 Å². The first-order valence-corrected chi connectivity index (χ1v) is 4.64. The minimum absolute atomic E-state index is 0.104. The van der Waals surface area contributed by atoms with E-state index in [0.717, 1.165) is 29.0 Å². The molecular formula is C10H10ClNO. The van der Waals surface area contributed by atoms with Crippen molar-refractivity contribution in [2.75, 3.05) is 0 Å². The molecule has 2 rings (SSSR count). The number of halogens is 1. The summed E-state index contributed by atoms with van der Waals surface area (Å²) < 4.78 is 0. The van der Waals surface area contributed by atoms with Crippen LogP contribution in [0.4, 0.5) is 0 Å². The smallest absolute Gasteiger partial charge is 0.224 e. The van der Waals surface area contributed by atoms with E-state index in [2.05, 4.69) is 0 Å². The largest absolute Gasteiger partial charge is 0.369 e. The van der Waals surface area contributed by atoms with Gasteiger partial charge in [0, 0.05) is 5.02 Å². The summed E-state index contributed by atoms with van der Waals surface area (Å²) in [6, 6.07) is 5.63. The van der Waals surface area contributed by atoms with Crippen molar-refractivity contribution in [2.24, 2.45) is 5.73 Å². The number of carbonyl (C=O) groups excluding carboxylic acids is 1. The summed E-state index contributed by atoms with van der Waals surface area (Å²) in [5.74, 6) is -0.340. The SMILES string of the molecule is NC(=O)C1CCc2cc(Cl)ccc21. The van der Waals surface area contributed by atoms with Crippen molar-refractivity contribution in [3.63, 3.8) is 0 Å². The minimum atomic E-state index is -0.235. The minimum Gasteiger partial charge on any atom is -0.369 e. The number of fused-ring (bicyclic) bond motifs is 1. The number of primary amides is 1. The second-order valence-corrected chi connectivity index (χ2v) is 3.77. The summed E-state index contributed by atoms with van der Waals surface area (Å²) in [6.45, 7) is 0. The maximum absolute atomic E-state index is 11.0. The van der Waals surface area contributed by atoms with E-state index in [9.17, 15) is 4.79 Å². The van der Waals surface area contributed by atoms with Gasteiger partial charge >= 0.3 is 0 Å². The molecule has 1 atom stereocenters. The van der Waals surface area contributed by atoms with E-state index in [0.29, 0.717) is 0 Å². The molecule has 0 heterocycles. The molecule has 1 aliphatic rings. The standard InChI is InChI=1S/C10H10ClNO/c11-7-2-4-8-6(5-7)1-3-9(8)10(12)13/h2,4-5,9H,1,3H2,(H2,12,13). The molecule has 1 aromatic carbocycles. The molecule has 68 valence electrons. The highest BCUT2D eigenvalue weighted by atomic mass is 35.5. The van der Waals surface area contributed by atoms with Crippen LogP contribution in [0.3, 0.4) is 0 Å². The van der Waals surface area contributed by atoms with E-state index >= 15 is 0 Å². The van der Waals surface area contributed by atoms with Crippen molar-refractivity contribution in [1.82, 2.24) is 0 Å². The van der Waals surface area contributed by atoms with Crippen LogP contribution in [-0.2, 0) is 11.2 Å². The molecule has 0 fully saturated rings. The highest BCUT2D eigenvalue weighted by molar-refractivity contribution is 6.30. The van der Waals surface area contributed by atoms with Gasteiger partial charge in [-0.05, 0) is 36.1 Å². The lowest BCUT2D eigenvalue weighted by Gasteiger charge is -2.05. The molecule has 0 aliphatic heterocycles. The molecule has 0 saturated carbocycles. The molecule has 0 bridgehead atoms. The predicted molar refractivity (Wildman–Crippen MR) is 51.7 cm³/mol. The van der Waals surface area contributed by atoms with Crippen LogP contribution in [-0.4, -0.2) is 5.91 Å². The Morgan fingerprint density at radius 3 is 3.00 bits per heavy atom. The fourth-order valence-corrected chi connectivity index (χ4v) is 2.08. The third-order valence-electron chi connectivity index (χ3n) is 2.53. The number of amides is 1. The molecule has 1 aliphatic carbocycles. The number of nitrogens with two attached hydrogens (primary N) is 1. The highest BCUT2D eigenvalue weighted by Crippen LogP contribution is 2.34. The molecular weight excluding hydrogens is 186 g/mol. The first-order valence-electron chi connectivity index (χ1n) is 4.26.